The van der Waals surface area contributed by atoms with Gasteiger partial charge in [0.05, 0.1) is 12.6 Å². The van der Waals surface area contributed by atoms with Crippen LogP contribution in [0.3, 0.4) is 0 Å². The van der Waals surface area contributed by atoms with Gasteiger partial charge in [0, 0.05) is 5.41 Å². The molecule has 0 saturated carbocycles. The molecule has 0 aliphatic rings. The monoisotopic (exact) mass is 247 g/mol. The smallest absolute Gasteiger partial charge is 0.119 e. The Hall–Kier alpha value is -1.77. The molecule has 3 nitrogen and oxygen atoms in total. The summed E-state index contributed by atoms with van der Waals surface area (Å²) < 4.78 is 5.67. The molecule has 0 N–H and O–H groups in total. The molecular weight excluding hydrogens is 228 g/mol. The summed E-state index contributed by atoms with van der Waals surface area (Å²) >= 11 is 0. The van der Waals surface area contributed by atoms with Gasteiger partial charge in [-0.05, 0) is 30.5 Å². The van der Waals surface area contributed by atoms with Crippen LogP contribution in [0.5, 0.6) is 5.75 Å². The maximum absolute atomic E-state index is 11.0. The van der Waals surface area contributed by atoms with E-state index in [-0.39, 0.29) is 5.57 Å². The van der Waals surface area contributed by atoms with Crippen molar-refractivity contribution in [2.45, 2.75) is 26.7 Å². The quantitative estimate of drug-likeness (QED) is 0.694. The van der Waals surface area contributed by atoms with Gasteiger partial charge in [0.1, 0.15) is 5.75 Å². The van der Waals surface area contributed by atoms with Crippen LogP contribution < -0.4 is 9.84 Å². The first-order valence-electron chi connectivity index (χ1n) is 6.14. The largest absolute Gasteiger partial charge is 0.545 e. The first-order chi connectivity index (χ1) is 8.55. The lowest BCUT2D eigenvalue weighted by Crippen LogP contribution is -2.38. The summed E-state index contributed by atoms with van der Waals surface area (Å²) in [6.45, 7) is 7.81. The van der Waals surface area contributed by atoms with Crippen LogP contribution >= 0.6 is 0 Å². The van der Waals surface area contributed by atoms with Gasteiger partial charge < -0.3 is 14.6 Å². The number of carbonyl (C=O) groups is 1. The predicted molar refractivity (Wildman–Crippen MR) is 69.1 cm³/mol. The second-order valence-corrected chi connectivity index (χ2v) is 4.36. The number of carboxylic acids is 1. The SMILES string of the molecule is C=C(C(=O)[O-])C(CC)(CC)COc1ccccc1. The van der Waals surface area contributed by atoms with E-state index in [1.807, 2.05) is 44.2 Å². The molecule has 1 aromatic carbocycles. The van der Waals surface area contributed by atoms with Gasteiger partial charge in [0.15, 0.2) is 0 Å². The van der Waals surface area contributed by atoms with Crippen molar-refractivity contribution < 1.29 is 14.6 Å². The number of carboxylic acid groups (broad SMARTS) is 1. The first-order valence-corrected chi connectivity index (χ1v) is 6.14. The maximum Gasteiger partial charge on any atom is 0.119 e. The second-order valence-electron chi connectivity index (χ2n) is 4.36. The Bertz CT molecular complexity index is 405. The third-order valence-corrected chi connectivity index (χ3v) is 3.50. The molecule has 0 aliphatic carbocycles. The maximum atomic E-state index is 11.0. The summed E-state index contributed by atoms with van der Waals surface area (Å²) in [7, 11) is 0. The van der Waals surface area contributed by atoms with Gasteiger partial charge in [-0.3, -0.25) is 0 Å². The van der Waals surface area contributed by atoms with E-state index in [1.165, 1.54) is 0 Å². The highest BCUT2D eigenvalue weighted by molar-refractivity contribution is 5.85. The lowest BCUT2D eigenvalue weighted by molar-refractivity contribution is -0.300. The molecule has 0 atom stereocenters. The van der Waals surface area contributed by atoms with Crippen molar-refractivity contribution in [2.75, 3.05) is 6.61 Å². The number of hydrogen-bond donors (Lipinski definition) is 0. The molecule has 1 aromatic rings. The van der Waals surface area contributed by atoms with Crippen LogP contribution in [0.25, 0.3) is 0 Å². The minimum absolute atomic E-state index is 0.114. The van der Waals surface area contributed by atoms with Crippen molar-refractivity contribution in [3.8, 4) is 5.75 Å². The van der Waals surface area contributed by atoms with Crippen molar-refractivity contribution >= 4 is 5.97 Å². The van der Waals surface area contributed by atoms with Crippen LogP contribution in [-0.4, -0.2) is 12.6 Å². The van der Waals surface area contributed by atoms with Crippen molar-refractivity contribution in [2.24, 2.45) is 5.41 Å². The highest BCUT2D eigenvalue weighted by atomic mass is 16.5. The van der Waals surface area contributed by atoms with Gasteiger partial charge in [0.2, 0.25) is 0 Å². The molecule has 98 valence electrons. The van der Waals surface area contributed by atoms with Crippen molar-refractivity contribution in [3.63, 3.8) is 0 Å². The zero-order valence-corrected chi connectivity index (χ0v) is 10.9. The van der Waals surface area contributed by atoms with Gasteiger partial charge in [-0.15, -0.1) is 0 Å². The molecule has 0 heterocycles. The van der Waals surface area contributed by atoms with Crippen molar-refractivity contribution in [3.05, 3.63) is 42.5 Å². The van der Waals surface area contributed by atoms with E-state index in [0.717, 1.165) is 5.75 Å². The zero-order valence-electron chi connectivity index (χ0n) is 10.9. The van der Waals surface area contributed by atoms with Crippen molar-refractivity contribution in [1.82, 2.24) is 0 Å². The topological polar surface area (TPSA) is 49.4 Å². The lowest BCUT2D eigenvalue weighted by Gasteiger charge is -2.34. The van der Waals surface area contributed by atoms with Crippen LogP contribution in [0.4, 0.5) is 0 Å². The Kier molecular flexibility index (Phi) is 4.95. The van der Waals surface area contributed by atoms with Gasteiger partial charge in [0.25, 0.3) is 0 Å². The minimum atomic E-state index is -1.20. The van der Waals surface area contributed by atoms with Gasteiger partial charge >= 0.3 is 0 Å². The number of para-hydroxylation sites is 1. The molecule has 0 radical (unpaired) electrons. The number of ether oxygens (including phenoxy) is 1. The molecular formula is C15H19O3-. The summed E-state index contributed by atoms with van der Waals surface area (Å²) in [6.07, 6.45) is 1.31. The van der Waals surface area contributed by atoms with E-state index in [1.54, 1.807) is 0 Å². The normalized spacial score (nSPS) is 11.0. The fourth-order valence-corrected chi connectivity index (χ4v) is 1.92. The van der Waals surface area contributed by atoms with Crippen molar-refractivity contribution in [1.29, 1.82) is 0 Å². The fourth-order valence-electron chi connectivity index (χ4n) is 1.92. The molecule has 0 amide bonds. The predicted octanol–water partition coefficient (Wildman–Crippen LogP) is 2.18. The molecule has 0 saturated heterocycles. The van der Waals surface area contributed by atoms with Crippen LogP contribution in [0.15, 0.2) is 42.5 Å². The summed E-state index contributed by atoms with van der Waals surface area (Å²) in [5.74, 6) is -0.467. The average Bonchev–Trinajstić information content (AvgIpc) is 2.41. The van der Waals surface area contributed by atoms with Crippen LogP contribution in [0.1, 0.15) is 26.7 Å². The van der Waals surface area contributed by atoms with Crippen LogP contribution in [0.2, 0.25) is 0 Å². The molecule has 0 unspecified atom stereocenters. The summed E-state index contributed by atoms with van der Waals surface area (Å²) in [6, 6.07) is 9.35. The number of rotatable bonds is 7. The van der Waals surface area contributed by atoms with E-state index in [4.69, 9.17) is 4.74 Å². The minimum Gasteiger partial charge on any atom is -0.545 e. The average molecular weight is 247 g/mol. The van der Waals surface area contributed by atoms with E-state index < -0.39 is 11.4 Å². The van der Waals surface area contributed by atoms with E-state index in [9.17, 15) is 9.90 Å². The number of benzene rings is 1. The Morgan fingerprint density at radius 2 is 1.83 bits per heavy atom. The highest BCUT2D eigenvalue weighted by Crippen LogP contribution is 2.34. The van der Waals surface area contributed by atoms with Gasteiger partial charge in [-0.25, -0.2) is 0 Å². The Morgan fingerprint density at radius 3 is 2.28 bits per heavy atom. The standard InChI is InChI=1S/C15H20O3/c1-4-15(5-2,12(3)14(16)17)11-18-13-9-7-6-8-10-13/h6-10H,3-5,11H2,1-2H3,(H,16,17)/p-1. The van der Waals surface area contributed by atoms with Gasteiger partial charge in [-0.2, -0.15) is 0 Å². The summed E-state index contributed by atoms with van der Waals surface area (Å²) in [5, 5.41) is 11.0. The Morgan fingerprint density at radius 1 is 1.28 bits per heavy atom. The lowest BCUT2D eigenvalue weighted by atomic mass is 9.76. The van der Waals surface area contributed by atoms with E-state index >= 15 is 0 Å². The first kappa shape index (κ1) is 14.3. The van der Waals surface area contributed by atoms with E-state index in [2.05, 4.69) is 6.58 Å². The second kappa shape index (κ2) is 6.24. The molecule has 0 spiro atoms. The molecule has 18 heavy (non-hydrogen) atoms. The summed E-state index contributed by atoms with van der Waals surface area (Å²) in [5.41, 5.74) is -0.447. The Balaban J connectivity index is 2.80. The summed E-state index contributed by atoms with van der Waals surface area (Å²) in [4.78, 5) is 11.0. The number of carbonyl (C=O) groups excluding carboxylic acids is 1. The molecule has 0 fully saturated rings. The molecule has 0 aromatic heterocycles. The molecule has 0 bridgehead atoms. The number of hydrogen-bond acceptors (Lipinski definition) is 3. The number of aliphatic carboxylic acids is 1. The van der Waals surface area contributed by atoms with Crippen LogP contribution in [0, 0.1) is 5.41 Å². The molecule has 1 rings (SSSR count). The highest BCUT2D eigenvalue weighted by Gasteiger charge is 2.31. The molecule has 3 heteroatoms. The third-order valence-electron chi connectivity index (χ3n) is 3.50. The fraction of sp³-hybridized carbons (Fsp3) is 0.400. The van der Waals surface area contributed by atoms with E-state index in [0.29, 0.717) is 19.4 Å². The third kappa shape index (κ3) is 3.13. The molecule has 0 aliphatic heterocycles. The van der Waals surface area contributed by atoms with Gasteiger partial charge in [-0.1, -0.05) is 38.6 Å². The van der Waals surface area contributed by atoms with Crippen LogP contribution in [-0.2, 0) is 4.79 Å². The zero-order chi connectivity index (χ0) is 13.6. The Labute approximate surface area is 108 Å².